The van der Waals surface area contributed by atoms with E-state index < -0.39 is 0 Å². The van der Waals surface area contributed by atoms with Crippen molar-refractivity contribution in [2.75, 3.05) is 0 Å². The molecule has 1 atom stereocenters. The molecule has 0 aliphatic carbocycles. The fourth-order valence-electron chi connectivity index (χ4n) is 0.732. The van der Waals surface area contributed by atoms with E-state index in [2.05, 4.69) is 9.98 Å². The van der Waals surface area contributed by atoms with E-state index in [9.17, 15) is 0 Å². The van der Waals surface area contributed by atoms with E-state index in [1.165, 1.54) is 0 Å². The van der Waals surface area contributed by atoms with Gasteiger partial charge in [0.05, 0.1) is 6.04 Å². The first-order valence-electron chi connectivity index (χ1n) is 4.04. The first-order chi connectivity index (χ1) is 5.29. The average molecular weight is 152 g/mol. The van der Waals surface area contributed by atoms with E-state index in [0.717, 1.165) is 5.84 Å². The molecule has 2 heteroatoms. The molecule has 0 N–H and O–H groups in total. The van der Waals surface area contributed by atoms with E-state index in [1.807, 2.05) is 39.8 Å². The Kier molecular flexibility index (Phi) is 5.35. The number of rotatable bonds is 0. The minimum absolute atomic E-state index is 0.285. The summed E-state index contributed by atoms with van der Waals surface area (Å²) in [5, 5.41) is 0. The van der Waals surface area contributed by atoms with Crippen molar-refractivity contribution in [3.8, 4) is 0 Å². The lowest BCUT2D eigenvalue weighted by Crippen LogP contribution is -1.94. The van der Waals surface area contributed by atoms with Crippen LogP contribution in [0, 0.1) is 0 Å². The van der Waals surface area contributed by atoms with Gasteiger partial charge in [-0.3, -0.25) is 4.99 Å². The molecule has 0 saturated carbocycles. The molecule has 0 spiro atoms. The third-order valence-electron chi connectivity index (χ3n) is 1.13. The SMILES string of the molecule is CC.CC1=NC(C)C=CC=N1. The van der Waals surface area contributed by atoms with Crippen molar-refractivity contribution in [3.63, 3.8) is 0 Å². The van der Waals surface area contributed by atoms with Gasteiger partial charge in [-0.25, -0.2) is 4.99 Å². The van der Waals surface area contributed by atoms with E-state index in [4.69, 9.17) is 0 Å². The Balaban J connectivity index is 0.000000461. The highest BCUT2D eigenvalue weighted by atomic mass is 14.9. The van der Waals surface area contributed by atoms with Gasteiger partial charge in [-0.1, -0.05) is 19.9 Å². The molecule has 0 bridgehead atoms. The summed E-state index contributed by atoms with van der Waals surface area (Å²) in [7, 11) is 0. The zero-order valence-electron chi connectivity index (χ0n) is 7.70. The molecule has 1 unspecified atom stereocenters. The van der Waals surface area contributed by atoms with E-state index >= 15 is 0 Å². The Bertz CT molecular complexity index is 178. The lowest BCUT2D eigenvalue weighted by molar-refractivity contribution is 0.926. The number of nitrogens with zero attached hydrogens (tertiary/aromatic N) is 2. The van der Waals surface area contributed by atoms with E-state index in [1.54, 1.807) is 6.21 Å². The highest BCUT2D eigenvalue weighted by Crippen LogP contribution is 1.96. The first-order valence-corrected chi connectivity index (χ1v) is 4.04. The molecule has 2 nitrogen and oxygen atoms in total. The van der Waals surface area contributed by atoms with Gasteiger partial charge in [0.2, 0.25) is 0 Å². The fourth-order valence-corrected chi connectivity index (χ4v) is 0.732. The highest BCUT2D eigenvalue weighted by molar-refractivity contribution is 5.91. The summed E-state index contributed by atoms with van der Waals surface area (Å²) < 4.78 is 0. The van der Waals surface area contributed by atoms with Crippen molar-refractivity contribution in [1.29, 1.82) is 0 Å². The van der Waals surface area contributed by atoms with E-state index in [-0.39, 0.29) is 6.04 Å². The zero-order valence-corrected chi connectivity index (χ0v) is 7.70. The van der Waals surface area contributed by atoms with Gasteiger partial charge in [-0.15, -0.1) is 0 Å². The number of allylic oxidation sites excluding steroid dienone is 1. The van der Waals surface area contributed by atoms with Gasteiger partial charge >= 0.3 is 0 Å². The smallest absolute Gasteiger partial charge is 0.120 e. The van der Waals surface area contributed by atoms with Gasteiger partial charge in [-0.2, -0.15) is 0 Å². The standard InChI is InChI=1S/C7H10N2.C2H6/c1-6-4-3-5-8-7(2)9-6;1-2/h3-6H,1-2H3;1-2H3. The van der Waals surface area contributed by atoms with Crippen LogP contribution in [-0.4, -0.2) is 18.1 Å². The second kappa shape index (κ2) is 5.83. The molecule has 11 heavy (non-hydrogen) atoms. The molecule has 0 aromatic carbocycles. The maximum atomic E-state index is 4.21. The lowest BCUT2D eigenvalue weighted by atomic mass is 10.3. The van der Waals surface area contributed by atoms with Crippen molar-refractivity contribution < 1.29 is 0 Å². The average Bonchev–Trinajstić information content (AvgIpc) is 2.18. The van der Waals surface area contributed by atoms with E-state index in [0.29, 0.717) is 0 Å². The molecular formula is C9H16N2. The van der Waals surface area contributed by atoms with Crippen molar-refractivity contribution >= 4 is 12.1 Å². The van der Waals surface area contributed by atoms with Crippen LogP contribution in [0.25, 0.3) is 0 Å². The summed E-state index contributed by atoms with van der Waals surface area (Å²) in [4.78, 5) is 8.22. The Hall–Kier alpha value is -0.920. The fraction of sp³-hybridized carbons (Fsp3) is 0.556. The maximum Gasteiger partial charge on any atom is 0.120 e. The van der Waals surface area contributed by atoms with Gasteiger partial charge < -0.3 is 0 Å². The van der Waals surface area contributed by atoms with Crippen LogP contribution >= 0.6 is 0 Å². The first kappa shape index (κ1) is 10.1. The quantitative estimate of drug-likeness (QED) is 0.509. The van der Waals surface area contributed by atoms with Gasteiger partial charge in [0, 0.05) is 6.21 Å². The van der Waals surface area contributed by atoms with Crippen LogP contribution in [0.3, 0.4) is 0 Å². The molecule has 0 aromatic heterocycles. The molecule has 0 saturated heterocycles. The van der Waals surface area contributed by atoms with Crippen LogP contribution in [0.1, 0.15) is 27.7 Å². The summed E-state index contributed by atoms with van der Waals surface area (Å²) in [6, 6.07) is 0.285. The Morgan fingerprint density at radius 3 is 2.64 bits per heavy atom. The van der Waals surface area contributed by atoms with Gasteiger partial charge in [0.25, 0.3) is 0 Å². The van der Waals surface area contributed by atoms with Crippen molar-refractivity contribution in [2.45, 2.75) is 33.7 Å². The van der Waals surface area contributed by atoms with Crippen molar-refractivity contribution in [1.82, 2.24) is 0 Å². The highest BCUT2D eigenvalue weighted by Gasteiger charge is 1.94. The summed E-state index contributed by atoms with van der Waals surface area (Å²) in [6.45, 7) is 7.94. The van der Waals surface area contributed by atoms with Crippen LogP contribution in [0.5, 0.6) is 0 Å². The van der Waals surface area contributed by atoms with Crippen LogP contribution in [0.15, 0.2) is 22.1 Å². The Labute approximate surface area is 68.8 Å². The van der Waals surface area contributed by atoms with Crippen molar-refractivity contribution in [2.24, 2.45) is 9.98 Å². The minimum Gasteiger partial charge on any atom is -0.264 e. The number of aliphatic imine (C=N–C) groups is 2. The number of amidine groups is 1. The number of hydrogen-bond donors (Lipinski definition) is 0. The molecule has 0 aromatic rings. The summed E-state index contributed by atoms with van der Waals surface area (Å²) in [5.41, 5.74) is 0. The van der Waals surface area contributed by atoms with Gasteiger partial charge in [0.1, 0.15) is 5.84 Å². The summed E-state index contributed by atoms with van der Waals surface area (Å²) >= 11 is 0. The van der Waals surface area contributed by atoms with Crippen LogP contribution in [-0.2, 0) is 0 Å². The zero-order chi connectivity index (χ0) is 8.69. The molecule has 1 aliphatic rings. The third kappa shape index (κ3) is 4.48. The second-order valence-corrected chi connectivity index (χ2v) is 2.08. The van der Waals surface area contributed by atoms with Crippen LogP contribution in [0.4, 0.5) is 0 Å². The molecule has 0 amide bonds. The van der Waals surface area contributed by atoms with Crippen molar-refractivity contribution in [3.05, 3.63) is 12.2 Å². The van der Waals surface area contributed by atoms with Crippen LogP contribution in [0.2, 0.25) is 0 Å². The molecule has 0 fully saturated rings. The maximum absolute atomic E-state index is 4.21. The molecule has 0 radical (unpaired) electrons. The molecule has 62 valence electrons. The third-order valence-corrected chi connectivity index (χ3v) is 1.13. The Morgan fingerprint density at radius 2 is 2.00 bits per heavy atom. The van der Waals surface area contributed by atoms with Gasteiger partial charge in [0.15, 0.2) is 0 Å². The molecular weight excluding hydrogens is 136 g/mol. The largest absolute Gasteiger partial charge is 0.264 e. The minimum atomic E-state index is 0.285. The Morgan fingerprint density at radius 1 is 1.36 bits per heavy atom. The predicted octanol–water partition coefficient (Wildman–Crippen LogP) is 2.46. The number of hydrogen-bond acceptors (Lipinski definition) is 2. The predicted molar refractivity (Wildman–Crippen MR) is 51.6 cm³/mol. The molecule has 1 aliphatic heterocycles. The lowest BCUT2D eigenvalue weighted by Gasteiger charge is -1.94. The summed E-state index contributed by atoms with van der Waals surface area (Å²) in [6.07, 6.45) is 5.70. The van der Waals surface area contributed by atoms with Gasteiger partial charge in [-0.05, 0) is 19.9 Å². The summed E-state index contributed by atoms with van der Waals surface area (Å²) in [5.74, 6) is 0.854. The monoisotopic (exact) mass is 152 g/mol. The molecule has 1 heterocycles. The second-order valence-electron chi connectivity index (χ2n) is 2.08. The molecule has 1 rings (SSSR count). The van der Waals surface area contributed by atoms with Crippen LogP contribution < -0.4 is 0 Å². The topological polar surface area (TPSA) is 24.7 Å². The normalized spacial score (nSPS) is 21.5.